The average Bonchev–Trinajstić information content (AvgIpc) is 2.97. The van der Waals surface area contributed by atoms with Crippen molar-refractivity contribution in [3.63, 3.8) is 0 Å². The Balaban J connectivity index is 1.74. The van der Waals surface area contributed by atoms with E-state index in [4.69, 9.17) is 0 Å². The van der Waals surface area contributed by atoms with Gasteiger partial charge < -0.3 is 10.0 Å². The second-order valence-electron chi connectivity index (χ2n) is 4.90. The zero-order chi connectivity index (χ0) is 10.5. The minimum absolute atomic E-state index is 0.393. The number of anilines is 1. The van der Waals surface area contributed by atoms with Crippen LogP contribution in [0.2, 0.25) is 0 Å². The number of aliphatic hydroxyl groups is 1. The first-order chi connectivity index (χ1) is 7.19. The van der Waals surface area contributed by atoms with E-state index in [1.54, 1.807) is 0 Å². The molecule has 1 aliphatic carbocycles. The molecule has 1 aromatic rings. The Labute approximate surface area is 89.7 Å². The topological polar surface area (TPSA) is 36.4 Å². The molecule has 1 saturated heterocycles. The van der Waals surface area contributed by atoms with Crippen LogP contribution >= 0.6 is 0 Å². The van der Waals surface area contributed by atoms with Crippen LogP contribution < -0.4 is 4.90 Å². The lowest BCUT2D eigenvalue weighted by Gasteiger charge is -2.48. The van der Waals surface area contributed by atoms with E-state index in [2.05, 4.69) is 16.8 Å². The van der Waals surface area contributed by atoms with E-state index in [0.29, 0.717) is 5.92 Å². The molecule has 15 heavy (non-hydrogen) atoms. The fourth-order valence-electron chi connectivity index (χ4n) is 2.48. The largest absolute Gasteiger partial charge is 0.386 e. The van der Waals surface area contributed by atoms with Gasteiger partial charge in [0.25, 0.3) is 0 Å². The first-order valence-corrected chi connectivity index (χ1v) is 5.57. The predicted octanol–water partition coefficient (Wildman–Crippen LogP) is 1.35. The van der Waals surface area contributed by atoms with E-state index in [9.17, 15) is 5.11 Å². The Bertz CT molecular complexity index is 381. The lowest BCUT2D eigenvalue weighted by atomic mass is 9.88. The van der Waals surface area contributed by atoms with Crippen LogP contribution in [0.4, 0.5) is 5.69 Å². The first kappa shape index (κ1) is 9.16. The van der Waals surface area contributed by atoms with Crippen LogP contribution in [0.15, 0.2) is 18.5 Å². The molecule has 2 heterocycles. The van der Waals surface area contributed by atoms with Gasteiger partial charge in [0.2, 0.25) is 0 Å². The molecular weight excluding hydrogens is 188 g/mol. The van der Waals surface area contributed by atoms with E-state index >= 15 is 0 Å². The van der Waals surface area contributed by atoms with Gasteiger partial charge in [0.1, 0.15) is 5.60 Å². The molecule has 1 aromatic heterocycles. The number of hydrogen-bond acceptors (Lipinski definition) is 3. The summed E-state index contributed by atoms with van der Waals surface area (Å²) in [7, 11) is 0. The van der Waals surface area contributed by atoms with Gasteiger partial charge in [-0.3, -0.25) is 4.98 Å². The molecule has 0 spiro atoms. The molecule has 0 unspecified atom stereocenters. The van der Waals surface area contributed by atoms with Gasteiger partial charge in [-0.2, -0.15) is 0 Å². The maximum atomic E-state index is 10.2. The molecule has 1 aliphatic heterocycles. The maximum Gasteiger partial charge on any atom is 0.102 e. The number of pyridine rings is 1. The average molecular weight is 204 g/mol. The summed E-state index contributed by atoms with van der Waals surface area (Å²) in [5.41, 5.74) is 2.01. The third-order valence-electron chi connectivity index (χ3n) is 3.60. The number of β-amino-alcohol motifs (C(OH)–C–C–N with tert-alkyl or cyclic N) is 1. The van der Waals surface area contributed by atoms with Gasteiger partial charge in [-0.15, -0.1) is 0 Å². The van der Waals surface area contributed by atoms with E-state index in [1.807, 2.05) is 18.5 Å². The number of hydrogen-bond donors (Lipinski definition) is 1. The summed E-state index contributed by atoms with van der Waals surface area (Å²) < 4.78 is 0. The van der Waals surface area contributed by atoms with Crippen molar-refractivity contribution in [1.29, 1.82) is 0 Å². The lowest BCUT2D eigenvalue weighted by Crippen LogP contribution is -2.63. The highest BCUT2D eigenvalue weighted by atomic mass is 16.3. The molecule has 0 aromatic carbocycles. The van der Waals surface area contributed by atoms with Gasteiger partial charge in [-0.1, -0.05) is 0 Å². The van der Waals surface area contributed by atoms with Gasteiger partial charge in [-0.05, 0) is 37.3 Å². The number of aryl methyl sites for hydroxylation is 1. The predicted molar refractivity (Wildman–Crippen MR) is 58.9 cm³/mol. The van der Waals surface area contributed by atoms with Gasteiger partial charge in [-0.25, -0.2) is 0 Å². The van der Waals surface area contributed by atoms with Gasteiger partial charge in [0.05, 0.1) is 0 Å². The summed E-state index contributed by atoms with van der Waals surface area (Å²) in [6, 6.07) is 2.03. The zero-order valence-corrected chi connectivity index (χ0v) is 8.98. The molecule has 3 rings (SSSR count). The molecule has 0 atom stereocenters. The van der Waals surface area contributed by atoms with Crippen LogP contribution in [-0.2, 0) is 0 Å². The van der Waals surface area contributed by atoms with Crippen molar-refractivity contribution in [2.24, 2.45) is 5.92 Å². The van der Waals surface area contributed by atoms with Gasteiger partial charge in [0.15, 0.2) is 0 Å². The minimum Gasteiger partial charge on any atom is -0.386 e. The molecular formula is C12H16N2O. The van der Waals surface area contributed by atoms with E-state index in [1.165, 1.54) is 24.1 Å². The normalized spacial score (nSPS) is 23.7. The molecule has 0 amide bonds. The molecule has 3 nitrogen and oxygen atoms in total. The van der Waals surface area contributed by atoms with Gasteiger partial charge >= 0.3 is 0 Å². The summed E-state index contributed by atoms with van der Waals surface area (Å²) in [6.45, 7) is 3.65. The Hall–Kier alpha value is -1.09. The van der Waals surface area contributed by atoms with Crippen LogP contribution in [-0.4, -0.2) is 28.8 Å². The summed E-state index contributed by atoms with van der Waals surface area (Å²) in [5.74, 6) is 0.566. The number of aromatic nitrogens is 1. The van der Waals surface area contributed by atoms with Crippen molar-refractivity contribution in [1.82, 2.24) is 4.98 Å². The Kier molecular flexibility index (Phi) is 1.80. The van der Waals surface area contributed by atoms with Crippen molar-refractivity contribution in [3.8, 4) is 0 Å². The molecule has 2 fully saturated rings. The monoisotopic (exact) mass is 204 g/mol. The van der Waals surface area contributed by atoms with Crippen molar-refractivity contribution in [3.05, 3.63) is 24.0 Å². The highest BCUT2D eigenvalue weighted by Crippen LogP contribution is 2.45. The standard InChI is InChI=1S/C12H16N2O/c1-9-6-13-5-4-11(9)14-7-12(15,8-14)10-2-3-10/h4-6,10,15H,2-3,7-8H2,1H3. The molecule has 0 radical (unpaired) electrons. The minimum atomic E-state index is -0.393. The third kappa shape index (κ3) is 1.42. The summed E-state index contributed by atoms with van der Waals surface area (Å²) in [5, 5.41) is 10.2. The molecule has 1 saturated carbocycles. The summed E-state index contributed by atoms with van der Waals surface area (Å²) >= 11 is 0. The van der Waals surface area contributed by atoms with E-state index < -0.39 is 5.60 Å². The maximum absolute atomic E-state index is 10.2. The Morgan fingerprint density at radius 3 is 2.80 bits per heavy atom. The molecule has 80 valence electrons. The fraction of sp³-hybridized carbons (Fsp3) is 0.583. The summed E-state index contributed by atoms with van der Waals surface area (Å²) in [4.78, 5) is 6.33. The number of nitrogens with zero attached hydrogens (tertiary/aromatic N) is 2. The van der Waals surface area contributed by atoms with Crippen molar-refractivity contribution < 1.29 is 5.11 Å². The van der Waals surface area contributed by atoms with Crippen LogP contribution in [0.3, 0.4) is 0 Å². The first-order valence-electron chi connectivity index (χ1n) is 5.57. The molecule has 3 heteroatoms. The van der Waals surface area contributed by atoms with Crippen LogP contribution in [0.25, 0.3) is 0 Å². The van der Waals surface area contributed by atoms with Crippen molar-refractivity contribution >= 4 is 5.69 Å². The summed E-state index contributed by atoms with van der Waals surface area (Å²) in [6.07, 6.45) is 6.11. The number of rotatable bonds is 2. The highest BCUT2D eigenvalue weighted by Gasteiger charge is 2.52. The zero-order valence-electron chi connectivity index (χ0n) is 8.98. The fourth-order valence-corrected chi connectivity index (χ4v) is 2.48. The van der Waals surface area contributed by atoms with Crippen molar-refractivity contribution in [2.75, 3.05) is 18.0 Å². The molecule has 2 aliphatic rings. The molecule has 0 bridgehead atoms. The quantitative estimate of drug-likeness (QED) is 0.790. The Morgan fingerprint density at radius 2 is 2.20 bits per heavy atom. The van der Waals surface area contributed by atoms with Crippen molar-refractivity contribution in [2.45, 2.75) is 25.4 Å². The second kappa shape index (κ2) is 2.95. The van der Waals surface area contributed by atoms with E-state index in [-0.39, 0.29) is 0 Å². The smallest absolute Gasteiger partial charge is 0.102 e. The highest BCUT2D eigenvalue weighted by molar-refractivity contribution is 5.55. The van der Waals surface area contributed by atoms with Crippen LogP contribution in [0.5, 0.6) is 0 Å². The van der Waals surface area contributed by atoms with Crippen LogP contribution in [0, 0.1) is 12.8 Å². The molecule has 1 N–H and O–H groups in total. The SMILES string of the molecule is Cc1cnccc1N1CC(O)(C2CC2)C1. The van der Waals surface area contributed by atoms with Crippen LogP contribution in [0.1, 0.15) is 18.4 Å². The van der Waals surface area contributed by atoms with Gasteiger partial charge in [0, 0.05) is 31.2 Å². The van der Waals surface area contributed by atoms with E-state index in [0.717, 1.165) is 13.1 Å². The third-order valence-corrected chi connectivity index (χ3v) is 3.60. The second-order valence-corrected chi connectivity index (χ2v) is 4.90. The lowest BCUT2D eigenvalue weighted by molar-refractivity contribution is -0.00936. The Morgan fingerprint density at radius 1 is 1.47 bits per heavy atom.